The number of aliphatic carboxylic acids is 1. The van der Waals surface area contributed by atoms with E-state index in [2.05, 4.69) is 36.5 Å². The molecule has 0 aromatic heterocycles. The van der Waals surface area contributed by atoms with Crippen LogP contribution in [0.25, 0.3) is 11.1 Å². The Kier molecular flexibility index (Phi) is 3.60. The molecule has 1 atom stereocenters. The highest BCUT2D eigenvalue weighted by molar-refractivity contribution is 5.82. The van der Waals surface area contributed by atoms with Crippen LogP contribution in [-0.4, -0.2) is 29.8 Å². The Balaban J connectivity index is 1.29. The summed E-state index contributed by atoms with van der Waals surface area (Å²) in [6.07, 6.45) is 1.94. The average Bonchev–Trinajstić information content (AvgIpc) is 2.95. The van der Waals surface area contributed by atoms with E-state index >= 15 is 0 Å². The van der Waals surface area contributed by atoms with Gasteiger partial charge in [0.15, 0.2) is 0 Å². The summed E-state index contributed by atoms with van der Waals surface area (Å²) in [5.41, 5.74) is 4.59. The van der Waals surface area contributed by atoms with E-state index in [9.17, 15) is 14.7 Å². The van der Waals surface area contributed by atoms with E-state index in [4.69, 9.17) is 4.74 Å². The SMILES string of the molecule is CC12CC(C(NC(=O)OCC3c4ccccc4-c4ccccc43)C(=O)O)(C1)C2. The molecule has 4 aliphatic rings. The quantitative estimate of drug-likeness (QED) is 0.820. The first-order valence-corrected chi connectivity index (χ1v) is 9.75. The molecule has 5 nitrogen and oxygen atoms in total. The zero-order valence-corrected chi connectivity index (χ0v) is 15.8. The molecule has 2 bridgehead atoms. The maximum Gasteiger partial charge on any atom is 0.407 e. The molecule has 6 rings (SSSR count). The van der Waals surface area contributed by atoms with Crippen molar-refractivity contribution in [3.05, 3.63) is 59.7 Å². The molecule has 5 heteroatoms. The van der Waals surface area contributed by atoms with E-state index < -0.39 is 18.1 Å². The lowest BCUT2D eigenvalue weighted by atomic mass is 9.34. The Bertz CT molecular complexity index is 917. The van der Waals surface area contributed by atoms with Crippen molar-refractivity contribution >= 4 is 12.1 Å². The second-order valence-corrected chi connectivity index (χ2v) is 8.94. The number of rotatable bonds is 5. The minimum atomic E-state index is -0.977. The number of carbonyl (C=O) groups excluding carboxylic acids is 1. The molecule has 0 radical (unpaired) electrons. The zero-order valence-electron chi connectivity index (χ0n) is 15.8. The number of carbonyl (C=O) groups is 2. The van der Waals surface area contributed by atoms with E-state index in [1.807, 2.05) is 24.3 Å². The third-order valence-corrected chi connectivity index (χ3v) is 6.80. The van der Waals surface area contributed by atoms with Crippen LogP contribution in [-0.2, 0) is 9.53 Å². The van der Waals surface area contributed by atoms with Crippen LogP contribution < -0.4 is 5.32 Å². The monoisotopic (exact) mass is 377 g/mol. The van der Waals surface area contributed by atoms with Gasteiger partial charge in [0.2, 0.25) is 0 Å². The van der Waals surface area contributed by atoms with E-state index in [0.717, 1.165) is 41.5 Å². The van der Waals surface area contributed by atoms with Gasteiger partial charge in [-0.1, -0.05) is 55.5 Å². The molecule has 2 aromatic carbocycles. The predicted molar refractivity (Wildman–Crippen MR) is 104 cm³/mol. The third kappa shape index (κ3) is 2.45. The van der Waals surface area contributed by atoms with E-state index in [-0.39, 0.29) is 23.4 Å². The summed E-state index contributed by atoms with van der Waals surface area (Å²) in [5, 5.41) is 12.2. The van der Waals surface area contributed by atoms with Crippen molar-refractivity contribution in [2.75, 3.05) is 6.61 Å². The summed E-state index contributed by atoms with van der Waals surface area (Å²) in [5.74, 6) is -1.01. The lowest BCUT2D eigenvalue weighted by Crippen LogP contribution is -2.70. The minimum Gasteiger partial charge on any atom is -0.480 e. The summed E-state index contributed by atoms with van der Waals surface area (Å²) >= 11 is 0. The van der Waals surface area contributed by atoms with Crippen LogP contribution in [0.3, 0.4) is 0 Å². The van der Waals surface area contributed by atoms with Crippen LogP contribution >= 0.6 is 0 Å². The van der Waals surface area contributed by atoms with Gasteiger partial charge in [-0.3, -0.25) is 0 Å². The summed E-state index contributed by atoms with van der Waals surface area (Å²) in [4.78, 5) is 24.1. The average molecular weight is 377 g/mol. The lowest BCUT2D eigenvalue weighted by molar-refractivity contribution is -0.214. The third-order valence-electron chi connectivity index (χ3n) is 6.80. The summed E-state index contributed by atoms with van der Waals surface area (Å²) in [6.45, 7) is 2.36. The molecule has 2 aromatic rings. The van der Waals surface area contributed by atoms with Crippen molar-refractivity contribution in [3.8, 4) is 11.1 Å². The number of benzene rings is 2. The Labute approximate surface area is 163 Å². The number of hydrogen-bond acceptors (Lipinski definition) is 3. The molecule has 1 unspecified atom stereocenters. The molecule has 2 N–H and O–H groups in total. The summed E-state index contributed by atoms with van der Waals surface area (Å²) < 4.78 is 5.51. The highest BCUT2D eigenvalue weighted by Crippen LogP contribution is 2.74. The topological polar surface area (TPSA) is 75.6 Å². The Morgan fingerprint density at radius 2 is 1.61 bits per heavy atom. The van der Waals surface area contributed by atoms with Gasteiger partial charge in [0, 0.05) is 11.3 Å². The van der Waals surface area contributed by atoms with E-state index in [1.54, 1.807) is 0 Å². The molecule has 0 heterocycles. The fourth-order valence-corrected chi connectivity index (χ4v) is 5.94. The van der Waals surface area contributed by atoms with Gasteiger partial charge in [0.05, 0.1) is 0 Å². The van der Waals surface area contributed by atoms with Crippen LogP contribution in [0.5, 0.6) is 0 Å². The smallest absolute Gasteiger partial charge is 0.407 e. The highest BCUT2D eigenvalue weighted by Gasteiger charge is 2.69. The molecule has 28 heavy (non-hydrogen) atoms. The number of carboxylic acid groups (broad SMARTS) is 1. The number of amides is 1. The molecule has 3 saturated carbocycles. The first kappa shape index (κ1) is 17.3. The molecular formula is C23H23NO4. The van der Waals surface area contributed by atoms with Gasteiger partial charge in [-0.2, -0.15) is 0 Å². The van der Waals surface area contributed by atoms with Crippen molar-refractivity contribution < 1.29 is 19.4 Å². The second kappa shape index (κ2) is 5.84. The fraction of sp³-hybridized carbons (Fsp3) is 0.391. The van der Waals surface area contributed by atoms with Crippen molar-refractivity contribution in [3.63, 3.8) is 0 Å². The van der Waals surface area contributed by atoms with Crippen LogP contribution in [0, 0.1) is 10.8 Å². The normalized spacial score (nSPS) is 27.6. The zero-order chi connectivity index (χ0) is 19.5. The van der Waals surface area contributed by atoms with Crippen molar-refractivity contribution in [2.45, 2.75) is 38.1 Å². The Morgan fingerprint density at radius 1 is 1.07 bits per heavy atom. The van der Waals surface area contributed by atoms with E-state index in [0.29, 0.717) is 0 Å². The first-order chi connectivity index (χ1) is 13.4. The minimum absolute atomic E-state index is 0.0321. The number of ether oxygens (including phenoxy) is 1. The molecule has 4 aliphatic carbocycles. The van der Waals surface area contributed by atoms with Gasteiger partial charge in [-0.15, -0.1) is 0 Å². The molecule has 3 fully saturated rings. The molecule has 0 spiro atoms. The van der Waals surface area contributed by atoms with Gasteiger partial charge < -0.3 is 15.2 Å². The number of alkyl carbamates (subject to hydrolysis) is 1. The van der Waals surface area contributed by atoms with Gasteiger partial charge in [0.1, 0.15) is 12.6 Å². The standard InChI is InChI=1S/C23H23NO4/c1-22-11-23(12-22,13-22)19(20(25)26)24-21(27)28-10-18-16-8-4-2-6-14(16)15-7-3-5-9-17(15)18/h2-9,18-19H,10-13H2,1H3,(H,24,27)(H,25,26). The maximum atomic E-state index is 12.4. The molecule has 1 amide bonds. The number of carboxylic acids is 1. The second-order valence-electron chi connectivity index (χ2n) is 8.94. The van der Waals surface area contributed by atoms with Crippen LogP contribution in [0.4, 0.5) is 4.79 Å². The van der Waals surface area contributed by atoms with Crippen LogP contribution in [0.15, 0.2) is 48.5 Å². The van der Waals surface area contributed by atoms with Crippen molar-refractivity contribution in [1.29, 1.82) is 0 Å². The van der Waals surface area contributed by atoms with Crippen molar-refractivity contribution in [1.82, 2.24) is 5.32 Å². The summed E-state index contributed by atoms with van der Waals surface area (Å²) in [6, 6.07) is 15.4. The fourth-order valence-electron chi connectivity index (χ4n) is 5.94. The number of nitrogens with one attached hydrogen (secondary N) is 1. The number of fused-ring (bicyclic) bond motifs is 3. The molecule has 0 saturated heterocycles. The van der Waals surface area contributed by atoms with Gasteiger partial charge in [-0.25, -0.2) is 9.59 Å². The van der Waals surface area contributed by atoms with E-state index in [1.165, 1.54) is 0 Å². The first-order valence-electron chi connectivity index (χ1n) is 9.75. The van der Waals surface area contributed by atoms with Gasteiger partial charge in [-0.05, 0) is 46.9 Å². The summed E-state index contributed by atoms with van der Waals surface area (Å²) in [7, 11) is 0. The Hall–Kier alpha value is -2.82. The highest BCUT2D eigenvalue weighted by atomic mass is 16.5. The predicted octanol–water partition coefficient (Wildman–Crippen LogP) is 4.17. The van der Waals surface area contributed by atoms with Crippen LogP contribution in [0.2, 0.25) is 0 Å². The molecule has 0 aliphatic heterocycles. The maximum absolute atomic E-state index is 12.4. The van der Waals surface area contributed by atoms with Crippen molar-refractivity contribution in [2.24, 2.45) is 10.8 Å². The molecule has 144 valence electrons. The van der Waals surface area contributed by atoms with Crippen LogP contribution in [0.1, 0.15) is 43.2 Å². The van der Waals surface area contributed by atoms with Gasteiger partial charge >= 0.3 is 12.1 Å². The largest absolute Gasteiger partial charge is 0.480 e. The number of hydrogen-bond donors (Lipinski definition) is 2. The van der Waals surface area contributed by atoms with Gasteiger partial charge in [0.25, 0.3) is 0 Å². The molecular weight excluding hydrogens is 354 g/mol. The Morgan fingerprint density at radius 3 is 2.11 bits per heavy atom. The lowest BCUT2D eigenvalue weighted by Gasteiger charge is -2.71.